The molecular weight excluding hydrogens is 154 g/mol. The number of rotatable bonds is 2. The van der Waals surface area contributed by atoms with Gasteiger partial charge in [-0.15, -0.1) is 0 Å². The number of amides is 1. The van der Waals surface area contributed by atoms with Gasteiger partial charge in [-0.3, -0.25) is 0 Å². The van der Waals surface area contributed by atoms with Crippen LogP contribution in [0.15, 0.2) is 0 Å². The minimum atomic E-state index is -0.422. The quantitative estimate of drug-likeness (QED) is 0.691. The van der Waals surface area contributed by atoms with E-state index in [4.69, 9.17) is 4.74 Å². The first kappa shape index (κ1) is 11.3. The molecule has 0 aliphatic heterocycles. The van der Waals surface area contributed by atoms with Gasteiger partial charge in [0.15, 0.2) is 0 Å². The van der Waals surface area contributed by atoms with E-state index in [0.717, 1.165) is 0 Å². The minimum Gasteiger partial charge on any atom is -0.444 e. The van der Waals surface area contributed by atoms with E-state index in [1.54, 1.807) is 0 Å². The van der Waals surface area contributed by atoms with Crippen LogP contribution >= 0.6 is 0 Å². The number of ether oxygens (including phenoxy) is 1. The molecule has 0 saturated heterocycles. The maximum atomic E-state index is 11.0. The molecule has 0 saturated carbocycles. The van der Waals surface area contributed by atoms with E-state index in [1.807, 2.05) is 27.7 Å². The Hall–Kier alpha value is -0.730. The number of alkyl carbamates (subject to hydrolysis) is 1. The number of hydrogen-bond donors (Lipinski definition) is 1. The van der Waals surface area contributed by atoms with Crippen molar-refractivity contribution < 1.29 is 9.53 Å². The van der Waals surface area contributed by atoms with Crippen LogP contribution in [0.5, 0.6) is 0 Å². The first-order chi connectivity index (χ1) is 5.31. The predicted molar refractivity (Wildman–Crippen MR) is 48.8 cm³/mol. The van der Waals surface area contributed by atoms with Crippen LogP contribution < -0.4 is 5.32 Å². The number of nitrogens with one attached hydrogen (secondary N) is 1. The Morgan fingerprint density at radius 2 is 2.08 bits per heavy atom. The third-order valence-corrected chi connectivity index (χ3v) is 0.994. The second kappa shape index (κ2) is 4.33. The first-order valence-electron chi connectivity index (χ1n) is 4.11. The zero-order valence-corrected chi connectivity index (χ0v) is 8.31. The van der Waals surface area contributed by atoms with Gasteiger partial charge in [-0.1, -0.05) is 6.92 Å². The first-order valence-corrected chi connectivity index (χ1v) is 4.11. The summed E-state index contributed by atoms with van der Waals surface area (Å²) in [6.07, 6.45) is -0.377. The molecule has 1 unspecified atom stereocenters. The highest BCUT2D eigenvalue weighted by atomic mass is 16.6. The van der Waals surface area contributed by atoms with E-state index in [-0.39, 0.29) is 12.0 Å². The van der Waals surface area contributed by atoms with Crippen LogP contribution in [0.25, 0.3) is 0 Å². The van der Waals surface area contributed by atoms with Crippen LogP contribution in [-0.4, -0.2) is 18.2 Å². The van der Waals surface area contributed by atoms with E-state index >= 15 is 0 Å². The van der Waals surface area contributed by atoms with Crippen molar-refractivity contribution in [3.63, 3.8) is 0 Å². The summed E-state index contributed by atoms with van der Waals surface area (Å²) in [6.45, 7) is 11.7. The Morgan fingerprint density at radius 1 is 1.58 bits per heavy atom. The molecule has 0 aromatic carbocycles. The average Bonchev–Trinajstić information content (AvgIpc) is 1.79. The molecule has 0 aromatic rings. The average molecular weight is 172 g/mol. The molecule has 0 rings (SSSR count). The molecule has 0 aromatic heterocycles. The fourth-order valence-electron chi connectivity index (χ4n) is 0.572. The van der Waals surface area contributed by atoms with Gasteiger partial charge in [0.05, 0.1) is 0 Å². The molecule has 12 heavy (non-hydrogen) atoms. The van der Waals surface area contributed by atoms with Gasteiger partial charge >= 0.3 is 6.09 Å². The highest BCUT2D eigenvalue weighted by Crippen LogP contribution is 2.06. The monoisotopic (exact) mass is 172 g/mol. The lowest BCUT2D eigenvalue weighted by atomic mass is 10.2. The molecule has 71 valence electrons. The molecular formula is C9H18NO2. The summed E-state index contributed by atoms with van der Waals surface area (Å²) in [5, 5.41) is 2.61. The van der Waals surface area contributed by atoms with Crippen molar-refractivity contribution in [3.05, 3.63) is 6.92 Å². The maximum Gasteiger partial charge on any atom is 0.407 e. The van der Waals surface area contributed by atoms with Crippen molar-refractivity contribution in [2.24, 2.45) is 5.92 Å². The van der Waals surface area contributed by atoms with Crippen LogP contribution in [0.3, 0.4) is 0 Å². The molecule has 0 fully saturated rings. The lowest BCUT2D eigenvalue weighted by molar-refractivity contribution is 0.0523. The smallest absolute Gasteiger partial charge is 0.407 e. The predicted octanol–water partition coefficient (Wildman–Crippen LogP) is 1.98. The molecule has 1 atom stereocenters. The van der Waals surface area contributed by atoms with Gasteiger partial charge < -0.3 is 10.1 Å². The molecule has 0 spiro atoms. The Morgan fingerprint density at radius 3 is 2.42 bits per heavy atom. The van der Waals surface area contributed by atoms with Crippen LogP contribution in [-0.2, 0) is 4.74 Å². The van der Waals surface area contributed by atoms with Crippen LogP contribution in [0.4, 0.5) is 4.79 Å². The van der Waals surface area contributed by atoms with Crippen molar-refractivity contribution >= 4 is 6.09 Å². The van der Waals surface area contributed by atoms with Gasteiger partial charge in [-0.2, -0.15) is 0 Å². The van der Waals surface area contributed by atoms with Gasteiger partial charge in [0.2, 0.25) is 0 Å². The zero-order valence-electron chi connectivity index (χ0n) is 8.31. The molecule has 3 nitrogen and oxygen atoms in total. The third kappa shape index (κ3) is 7.38. The van der Waals surface area contributed by atoms with Gasteiger partial charge in [0, 0.05) is 6.54 Å². The standard InChI is InChI=1S/C9H18NO2/c1-7(2)6-10-8(11)12-9(3,4)5/h7H,1,6H2,2-5H3,(H,10,11). The van der Waals surface area contributed by atoms with Crippen LogP contribution in [0.2, 0.25) is 0 Å². The Labute approximate surface area is 74.5 Å². The van der Waals surface area contributed by atoms with Crippen molar-refractivity contribution in [1.82, 2.24) is 5.32 Å². The van der Waals surface area contributed by atoms with E-state index < -0.39 is 5.60 Å². The Bertz CT molecular complexity index is 147. The van der Waals surface area contributed by atoms with E-state index in [1.165, 1.54) is 0 Å². The summed E-state index contributed by atoms with van der Waals surface area (Å²) < 4.78 is 5.01. The fourth-order valence-corrected chi connectivity index (χ4v) is 0.572. The summed E-state index contributed by atoms with van der Waals surface area (Å²) in [6, 6.07) is 0. The van der Waals surface area contributed by atoms with Crippen LogP contribution in [0, 0.1) is 12.8 Å². The minimum absolute atomic E-state index is 0.206. The Balaban J connectivity index is 3.61. The molecule has 1 radical (unpaired) electrons. The summed E-state index contributed by atoms with van der Waals surface area (Å²) >= 11 is 0. The van der Waals surface area contributed by atoms with E-state index in [2.05, 4.69) is 12.2 Å². The topological polar surface area (TPSA) is 38.3 Å². The number of carbonyl (C=O) groups excluding carboxylic acids is 1. The molecule has 0 aliphatic rings. The third-order valence-electron chi connectivity index (χ3n) is 0.994. The lowest BCUT2D eigenvalue weighted by Crippen LogP contribution is -2.34. The highest BCUT2D eigenvalue weighted by molar-refractivity contribution is 5.67. The molecule has 1 amide bonds. The molecule has 0 aliphatic carbocycles. The van der Waals surface area contributed by atoms with E-state index in [9.17, 15) is 4.79 Å². The lowest BCUT2D eigenvalue weighted by Gasteiger charge is -2.20. The van der Waals surface area contributed by atoms with E-state index in [0.29, 0.717) is 6.54 Å². The van der Waals surface area contributed by atoms with Gasteiger partial charge in [0.25, 0.3) is 0 Å². The molecule has 0 bridgehead atoms. The van der Waals surface area contributed by atoms with Crippen molar-refractivity contribution in [3.8, 4) is 0 Å². The van der Waals surface area contributed by atoms with Crippen LogP contribution in [0.1, 0.15) is 27.7 Å². The molecule has 0 heterocycles. The van der Waals surface area contributed by atoms with Gasteiger partial charge in [-0.25, -0.2) is 4.79 Å². The molecule has 3 heteroatoms. The maximum absolute atomic E-state index is 11.0. The Kier molecular flexibility index (Phi) is 4.07. The normalized spacial score (nSPS) is 11.5. The van der Waals surface area contributed by atoms with Crippen molar-refractivity contribution in [2.75, 3.05) is 6.54 Å². The molecule has 1 N–H and O–H groups in total. The second-order valence-corrected chi connectivity index (χ2v) is 3.99. The zero-order chi connectivity index (χ0) is 9.78. The SMILES string of the molecule is [CH2]C(C)CNC(=O)OC(C)(C)C. The van der Waals surface area contributed by atoms with Crippen molar-refractivity contribution in [1.29, 1.82) is 0 Å². The summed E-state index contributed by atoms with van der Waals surface area (Å²) in [5.41, 5.74) is -0.422. The van der Waals surface area contributed by atoms with Crippen molar-refractivity contribution in [2.45, 2.75) is 33.3 Å². The highest BCUT2D eigenvalue weighted by Gasteiger charge is 2.15. The number of hydrogen-bond acceptors (Lipinski definition) is 2. The largest absolute Gasteiger partial charge is 0.444 e. The fraction of sp³-hybridized carbons (Fsp3) is 0.778. The summed E-state index contributed by atoms with van der Waals surface area (Å²) in [7, 11) is 0. The summed E-state index contributed by atoms with van der Waals surface area (Å²) in [5.74, 6) is 0.206. The second-order valence-electron chi connectivity index (χ2n) is 3.99. The van der Waals surface area contributed by atoms with Gasteiger partial charge in [-0.05, 0) is 33.6 Å². The van der Waals surface area contributed by atoms with Gasteiger partial charge in [0.1, 0.15) is 5.60 Å². The summed E-state index contributed by atoms with van der Waals surface area (Å²) in [4.78, 5) is 11.0. The number of carbonyl (C=O) groups is 1.